The van der Waals surface area contributed by atoms with Gasteiger partial charge in [0.05, 0.1) is 7.11 Å². The number of aromatic nitrogens is 1. The van der Waals surface area contributed by atoms with Gasteiger partial charge in [0.15, 0.2) is 0 Å². The van der Waals surface area contributed by atoms with Crippen LogP contribution < -0.4 is 4.74 Å². The minimum Gasteiger partial charge on any atom is -0.464 e. The van der Waals surface area contributed by atoms with Gasteiger partial charge in [0.25, 0.3) is 0 Å². The van der Waals surface area contributed by atoms with Crippen LogP contribution in [0.4, 0.5) is 13.2 Å². The Hall–Kier alpha value is -2.44. The van der Waals surface area contributed by atoms with Crippen molar-refractivity contribution in [3.63, 3.8) is 0 Å². The van der Waals surface area contributed by atoms with Crippen LogP contribution in [0.1, 0.15) is 10.5 Å². The minimum atomic E-state index is -4.73. The Morgan fingerprint density at radius 3 is 2.35 bits per heavy atom. The molecule has 0 bridgehead atoms. The Morgan fingerprint density at radius 2 is 1.80 bits per heavy atom. The Balaban J connectivity index is 2.27. The molecule has 0 unspecified atom stereocenters. The summed E-state index contributed by atoms with van der Waals surface area (Å²) in [6.07, 6.45) is -3.13. The number of benzene rings is 1. The molecule has 0 atom stereocenters. The lowest BCUT2D eigenvalue weighted by atomic mass is 10.3. The van der Waals surface area contributed by atoms with Gasteiger partial charge in [0.1, 0.15) is 11.4 Å². The summed E-state index contributed by atoms with van der Waals surface area (Å²) in [7, 11) is 1.25. The van der Waals surface area contributed by atoms with Gasteiger partial charge in [-0.15, -0.1) is 13.2 Å². The third-order valence-corrected chi connectivity index (χ3v) is 2.49. The van der Waals surface area contributed by atoms with Crippen molar-refractivity contribution in [2.24, 2.45) is 0 Å². The second-order valence-corrected chi connectivity index (χ2v) is 3.80. The third kappa shape index (κ3) is 3.11. The lowest BCUT2D eigenvalue weighted by molar-refractivity contribution is -0.274. The van der Waals surface area contributed by atoms with Crippen LogP contribution >= 0.6 is 0 Å². The van der Waals surface area contributed by atoms with E-state index in [0.29, 0.717) is 5.69 Å². The van der Waals surface area contributed by atoms with E-state index in [0.717, 1.165) is 0 Å². The van der Waals surface area contributed by atoms with Crippen molar-refractivity contribution in [3.8, 4) is 11.4 Å². The van der Waals surface area contributed by atoms with Gasteiger partial charge in [0.2, 0.25) is 0 Å². The van der Waals surface area contributed by atoms with E-state index in [-0.39, 0.29) is 11.4 Å². The summed E-state index contributed by atoms with van der Waals surface area (Å²) in [6.45, 7) is 0. The molecule has 0 aliphatic carbocycles. The van der Waals surface area contributed by atoms with Gasteiger partial charge in [-0.05, 0) is 36.4 Å². The smallest absolute Gasteiger partial charge is 0.464 e. The van der Waals surface area contributed by atoms with Crippen LogP contribution in [-0.4, -0.2) is 24.0 Å². The molecule has 0 amide bonds. The van der Waals surface area contributed by atoms with E-state index < -0.39 is 12.3 Å². The van der Waals surface area contributed by atoms with E-state index in [1.807, 2.05) is 0 Å². The Kier molecular flexibility index (Phi) is 3.69. The molecular formula is C13H10F3NO3. The van der Waals surface area contributed by atoms with Crippen LogP contribution in [0.2, 0.25) is 0 Å². The third-order valence-electron chi connectivity index (χ3n) is 2.49. The molecule has 2 rings (SSSR count). The molecule has 0 saturated heterocycles. The molecule has 106 valence electrons. The Bertz CT molecular complexity index is 602. The van der Waals surface area contributed by atoms with Crippen molar-refractivity contribution in [2.45, 2.75) is 6.36 Å². The van der Waals surface area contributed by atoms with Gasteiger partial charge in [-0.25, -0.2) is 4.79 Å². The Labute approximate surface area is 112 Å². The summed E-state index contributed by atoms with van der Waals surface area (Å²) < 4.78 is 46.0. The number of esters is 1. The maximum Gasteiger partial charge on any atom is 0.573 e. The second kappa shape index (κ2) is 5.28. The minimum absolute atomic E-state index is 0.275. The SMILES string of the molecule is COC(=O)c1cccn1-c1ccc(OC(F)(F)F)cc1. The molecule has 0 spiro atoms. The van der Waals surface area contributed by atoms with E-state index >= 15 is 0 Å². The van der Waals surface area contributed by atoms with Crippen LogP contribution in [0.3, 0.4) is 0 Å². The first kappa shape index (κ1) is 14.0. The van der Waals surface area contributed by atoms with E-state index in [9.17, 15) is 18.0 Å². The van der Waals surface area contributed by atoms with Gasteiger partial charge in [0, 0.05) is 11.9 Å². The average Bonchev–Trinajstić information content (AvgIpc) is 2.86. The second-order valence-electron chi connectivity index (χ2n) is 3.80. The molecule has 0 N–H and O–H groups in total. The fourth-order valence-electron chi connectivity index (χ4n) is 1.69. The molecule has 0 fully saturated rings. The first-order valence-electron chi connectivity index (χ1n) is 5.52. The molecule has 0 saturated carbocycles. The van der Waals surface area contributed by atoms with Crippen LogP contribution in [0.5, 0.6) is 5.75 Å². The molecule has 0 aliphatic rings. The lowest BCUT2D eigenvalue weighted by Gasteiger charge is -2.11. The molecule has 4 nitrogen and oxygen atoms in total. The summed E-state index contributed by atoms with van der Waals surface area (Å²) in [5, 5.41) is 0. The molecule has 0 aliphatic heterocycles. The lowest BCUT2D eigenvalue weighted by Crippen LogP contribution is -2.17. The number of alkyl halides is 3. The van der Waals surface area contributed by atoms with Crippen molar-refractivity contribution in [2.75, 3.05) is 7.11 Å². The molecule has 1 heterocycles. The zero-order chi connectivity index (χ0) is 14.8. The highest BCUT2D eigenvalue weighted by atomic mass is 19.4. The molecule has 0 radical (unpaired) electrons. The molecular weight excluding hydrogens is 275 g/mol. The monoisotopic (exact) mass is 285 g/mol. The number of methoxy groups -OCH3 is 1. The molecule has 7 heteroatoms. The van der Waals surface area contributed by atoms with Crippen LogP contribution in [0.25, 0.3) is 5.69 Å². The predicted molar refractivity (Wildman–Crippen MR) is 63.8 cm³/mol. The average molecular weight is 285 g/mol. The van der Waals surface area contributed by atoms with E-state index in [1.54, 1.807) is 18.3 Å². The fraction of sp³-hybridized carbons (Fsp3) is 0.154. The van der Waals surface area contributed by atoms with Crippen LogP contribution in [0.15, 0.2) is 42.6 Å². The van der Waals surface area contributed by atoms with Crippen LogP contribution in [-0.2, 0) is 4.74 Å². The number of hydrogen-bond acceptors (Lipinski definition) is 3. The first-order chi connectivity index (χ1) is 9.40. The summed E-state index contributed by atoms with van der Waals surface area (Å²) in [4.78, 5) is 11.5. The van der Waals surface area contributed by atoms with Crippen LogP contribution in [0, 0.1) is 0 Å². The van der Waals surface area contributed by atoms with E-state index in [4.69, 9.17) is 0 Å². The first-order valence-corrected chi connectivity index (χ1v) is 5.52. The highest BCUT2D eigenvalue weighted by Crippen LogP contribution is 2.24. The van der Waals surface area contributed by atoms with Crippen molar-refractivity contribution >= 4 is 5.97 Å². The summed E-state index contributed by atoms with van der Waals surface area (Å²) in [5.41, 5.74) is 0.793. The number of ether oxygens (including phenoxy) is 2. The predicted octanol–water partition coefficient (Wildman–Crippen LogP) is 3.16. The Morgan fingerprint density at radius 1 is 1.15 bits per heavy atom. The largest absolute Gasteiger partial charge is 0.573 e. The maximum atomic E-state index is 12.0. The topological polar surface area (TPSA) is 40.5 Å². The van der Waals surface area contributed by atoms with Crippen molar-refractivity contribution in [1.29, 1.82) is 0 Å². The number of carbonyl (C=O) groups is 1. The maximum absolute atomic E-state index is 12.0. The van der Waals surface area contributed by atoms with Gasteiger partial charge in [-0.3, -0.25) is 0 Å². The quantitative estimate of drug-likeness (QED) is 0.813. The summed E-state index contributed by atoms with van der Waals surface area (Å²) >= 11 is 0. The number of carbonyl (C=O) groups excluding carboxylic acids is 1. The number of halogens is 3. The molecule has 2 aromatic rings. The normalized spacial score (nSPS) is 11.2. The molecule has 1 aromatic carbocycles. The standard InChI is InChI=1S/C13H10F3NO3/c1-19-12(18)11-3-2-8-17(11)9-4-6-10(7-5-9)20-13(14,15)16/h2-8H,1H3. The van der Waals surface area contributed by atoms with E-state index in [2.05, 4.69) is 9.47 Å². The fourth-order valence-corrected chi connectivity index (χ4v) is 1.69. The highest BCUT2D eigenvalue weighted by molar-refractivity contribution is 5.88. The highest BCUT2D eigenvalue weighted by Gasteiger charge is 2.31. The van der Waals surface area contributed by atoms with E-state index in [1.165, 1.54) is 35.9 Å². The zero-order valence-corrected chi connectivity index (χ0v) is 10.3. The van der Waals surface area contributed by atoms with Crippen molar-refractivity contribution in [3.05, 3.63) is 48.3 Å². The number of hydrogen-bond donors (Lipinski definition) is 0. The zero-order valence-electron chi connectivity index (χ0n) is 10.3. The van der Waals surface area contributed by atoms with Gasteiger partial charge in [-0.1, -0.05) is 0 Å². The summed E-state index contributed by atoms with van der Waals surface area (Å²) in [5.74, 6) is -0.862. The van der Waals surface area contributed by atoms with Gasteiger partial charge < -0.3 is 14.0 Å². The number of nitrogens with zero attached hydrogens (tertiary/aromatic N) is 1. The van der Waals surface area contributed by atoms with Gasteiger partial charge >= 0.3 is 12.3 Å². The van der Waals surface area contributed by atoms with Crippen molar-refractivity contribution < 1.29 is 27.4 Å². The molecule has 20 heavy (non-hydrogen) atoms. The van der Waals surface area contributed by atoms with Gasteiger partial charge in [-0.2, -0.15) is 0 Å². The molecule has 1 aromatic heterocycles. The summed E-state index contributed by atoms with van der Waals surface area (Å²) in [6, 6.07) is 8.34. The van der Waals surface area contributed by atoms with Crippen molar-refractivity contribution in [1.82, 2.24) is 4.57 Å². The number of rotatable bonds is 3.